The summed E-state index contributed by atoms with van der Waals surface area (Å²) in [4.78, 5) is 11.3. The van der Waals surface area contributed by atoms with Gasteiger partial charge in [-0.05, 0) is 25.0 Å². The molecular weight excluding hydrogens is 247 g/mol. The number of hydrogen-bond donors (Lipinski definition) is 2. The zero-order valence-electron chi connectivity index (χ0n) is 11.0. The van der Waals surface area contributed by atoms with E-state index in [9.17, 15) is 9.18 Å². The maximum Gasteiger partial charge on any atom is 0.340 e. The number of hydrogen-bond acceptors (Lipinski definition) is 4. The van der Waals surface area contributed by atoms with Gasteiger partial charge in [-0.1, -0.05) is 19.3 Å². The van der Waals surface area contributed by atoms with E-state index in [2.05, 4.69) is 10.1 Å². The number of carbonyl (C=O) groups excluding carboxylic acids is 1. The van der Waals surface area contributed by atoms with Crippen molar-refractivity contribution < 1.29 is 13.9 Å². The van der Waals surface area contributed by atoms with Crippen LogP contribution in [0.1, 0.15) is 42.5 Å². The Morgan fingerprint density at radius 2 is 2.05 bits per heavy atom. The molecule has 0 unspecified atom stereocenters. The van der Waals surface area contributed by atoms with Gasteiger partial charge >= 0.3 is 5.97 Å². The monoisotopic (exact) mass is 266 g/mol. The topological polar surface area (TPSA) is 64.3 Å². The molecule has 1 aromatic carbocycles. The second-order valence-corrected chi connectivity index (χ2v) is 4.89. The molecular formula is C14H19FN2O2. The van der Waals surface area contributed by atoms with Crippen molar-refractivity contribution in [1.29, 1.82) is 0 Å². The number of methoxy groups -OCH3 is 1. The van der Waals surface area contributed by atoms with E-state index in [1.54, 1.807) is 0 Å². The lowest BCUT2D eigenvalue weighted by Crippen LogP contribution is -2.23. The van der Waals surface area contributed by atoms with Gasteiger partial charge in [0.05, 0.1) is 24.0 Å². The summed E-state index contributed by atoms with van der Waals surface area (Å²) in [7, 11) is 1.21. The maximum absolute atomic E-state index is 13.8. The van der Waals surface area contributed by atoms with E-state index in [4.69, 9.17) is 5.73 Å². The Labute approximate surface area is 112 Å². The number of anilines is 2. The van der Waals surface area contributed by atoms with Crippen LogP contribution < -0.4 is 11.1 Å². The van der Waals surface area contributed by atoms with Gasteiger partial charge < -0.3 is 15.8 Å². The number of nitrogen functional groups attached to an aromatic ring is 1. The Morgan fingerprint density at radius 1 is 1.37 bits per heavy atom. The van der Waals surface area contributed by atoms with Gasteiger partial charge in [-0.25, -0.2) is 9.18 Å². The minimum atomic E-state index is -0.714. The molecule has 4 nitrogen and oxygen atoms in total. The molecule has 0 amide bonds. The SMILES string of the molecule is COC(=O)c1cc(N)c(NC2CCCCC2)cc1F. The van der Waals surface area contributed by atoms with Gasteiger partial charge in [-0.2, -0.15) is 0 Å². The molecule has 0 bridgehead atoms. The fourth-order valence-electron chi connectivity index (χ4n) is 2.45. The largest absolute Gasteiger partial charge is 0.465 e. The van der Waals surface area contributed by atoms with E-state index in [1.165, 1.54) is 38.5 Å². The highest BCUT2D eigenvalue weighted by atomic mass is 19.1. The number of nitrogens with two attached hydrogens (primary N) is 1. The van der Waals surface area contributed by atoms with Gasteiger partial charge in [0.25, 0.3) is 0 Å². The third kappa shape index (κ3) is 3.16. The van der Waals surface area contributed by atoms with E-state index in [0.29, 0.717) is 17.4 Å². The first-order chi connectivity index (χ1) is 9.11. The van der Waals surface area contributed by atoms with Gasteiger partial charge in [0.15, 0.2) is 0 Å². The molecule has 19 heavy (non-hydrogen) atoms. The third-order valence-corrected chi connectivity index (χ3v) is 3.51. The molecule has 0 spiro atoms. The molecule has 0 atom stereocenters. The Morgan fingerprint density at radius 3 is 2.68 bits per heavy atom. The van der Waals surface area contributed by atoms with Crippen LogP contribution in [0.3, 0.4) is 0 Å². The minimum Gasteiger partial charge on any atom is -0.465 e. The van der Waals surface area contributed by atoms with Crippen LogP contribution in [0.4, 0.5) is 15.8 Å². The van der Waals surface area contributed by atoms with Crippen LogP contribution >= 0.6 is 0 Å². The van der Waals surface area contributed by atoms with Gasteiger partial charge in [-0.15, -0.1) is 0 Å². The fourth-order valence-corrected chi connectivity index (χ4v) is 2.45. The van der Waals surface area contributed by atoms with E-state index in [0.717, 1.165) is 12.8 Å². The Hall–Kier alpha value is -1.78. The molecule has 0 aliphatic heterocycles. The van der Waals surface area contributed by atoms with Gasteiger partial charge in [0, 0.05) is 6.04 Å². The Kier molecular flexibility index (Phi) is 4.24. The summed E-state index contributed by atoms with van der Waals surface area (Å²) in [6.45, 7) is 0. The van der Waals surface area contributed by atoms with Crippen LogP contribution in [0, 0.1) is 5.82 Å². The molecule has 1 aromatic rings. The molecule has 3 N–H and O–H groups in total. The molecule has 1 saturated carbocycles. The fraction of sp³-hybridized carbons (Fsp3) is 0.500. The average molecular weight is 266 g/mol. The Bertz CT molecular complexity index is 471. The number of nitrogens with one attached hydrogen (secondary N) is 1. The van der Waals surface area contributed by atoms with Gasteiger partial charge in [0.1, 0.15) is 5.82 Å². The Balaban J connectivity index is 2.17. The minimum absolute atomic E-state index is 0.130. The quantitative estimate of drug-likeness (QED) is 0.652. The zero-order chi connectivity index (χ0) is 13.8. The molecule has 0 radical (unpaired) electrons. The average Bonchev–Trinajstić information content (AvgIpc) is 2.43. The summed E-state index contributed by atoms with van der Waals surface area (Å²) in [5.74, 6) is -1.33. The van der Waals surface area contributed by atoms with Crippen molar-refractivity contribution >= 4 is 17.3 Å². The van der Waals surface area contributed by atoms with Crippen molar-refractivity contribution in [1.82, 2.24) is 0 Å². The third-order valence-electron chi connectivity index (χ3n) is 3.51. The van der Waals surface area contributed by atoms with E-state index >= 15 is 0 Å². The molecule has 0 aromatic heterocycles. The number of ether oxygens (including phenoxy) is 1. The molecule has 2 rings (SSSR count). The smallest absolute Gasteiger partial charge is 0.340 e. The molecule has 1 aliphatic rings. The first-order valence-corrected chi connectivity index (χ1v) is 6.55. The number of rotatable bonds is 3. The predicted octanol–water partition coefficient (Wildman–Crippen LogP) is 2.94. The number of benzene rings is 1. The maximum atomic E-state index is 13.8. The van der Waals surface area contributed by atoms with Crippen molar-refractivity contribution in [3.8, 4) is 0 Å². The van der Waals surface area contributed by atoms with Crippen LogP contribution in [-0.4, -0.2) is 19.1 Å². The van der Waals surface area contributed by atoms with Crippen LogP contribution in [-0.2, 0) is 4.74 Å². The molecule has 0 saturated heterocycles. The van der Waals surface area contributed by atoms with Gasteiger partial charge in [-0.3, -0.25) is 0 Å². The highest BCUT2D eigenvalue weighted by Crippen LogP contribution is 2.27. The predicted molar refractivity (Wildman–Crippen MR) is 72.6 cm³/mol. The second-order valence-electron chi connectivity index (χ2n) is 4.89. The zero-order valence-corrected chi connectivity index (χ0v) is 11.0. The van der Waals surface area contributed by atoms with Gasteiger partial charge in [0.2, 0.25) is 0 Å². The highest BCUT2D eigenvalue weighted by molar-refractivity contribution is 5.92. The summed E-state index contributed by atoms with van der Waals surface area (Å²) in [5.41, 5.74) is 6.65. The number of esters is 1. The van der Waals surface area contributed by atoms with Crippen molar-refractivity contribution in [2.24, 2.45) is 0 Å². The molecule has 5 heteroatoms. The van der Waals surface area contributed by atoms with Crippen molar-refractivity contribution in [3.05, 3.63) is 23.5 Å². The van der Waals surface area contributed by atoms with E-state index < -0.39 is 11.8 Å². The van der Waals surface area contributed by atoms with Crippen molar-refractivity contribution in [2.45, 2.75) is 38.1 Å². The lowest BCUT2D eigenvalue weighted by molar-refractivity contribution is 0.0595. The van der Waals surface area contributed by atoms with E-state index in [-0.39, 0.29) is 5.56 Å². The standard InChI is InChI=1S/C14H19FN2O2/c1-19-14(18)10-7-12(16)13(8-11(10)15)17-9-5-3-2-4-6-9/h7-9,17H,2-6,16H2,1H3. The lowest BCUT2D eigenvalue weighted by Gasteiger charge is -2.24. The van der Waals surface area contributed by atoms with Crippen LogP contribution in [0.5, 0.6) is 0 Å². The normalized spacial score (nSPS) is 16.1. The van der Waals surface area contributed by atoms with Crippen molar-refractivity contribution in [3.63, 3.8) is 0 Å². The molecule has 104 valence electrons. The first-order valence-electron chi connectivity index (χ1n) is 6.55. The number of halogens is 1. The van der Waals surface area contributed by atoms with Crippen LogP contribution in [0.2, 0.25) is 0 Å². The summed E-state index contributed by atoms with van der Waals surface area (Å²) in [6.07, 6.45) is 5.75. The highest BCUT2D eigenvalue weighted by Gasteiger charge is 2.18. The second kappa shape index (κ2) is 5.91. The summed E-state index contributed by atoms with van der Waals surface area (Å²) >= 11 is 0. The lowest BCUT2D eigenvalue weighted by atomic mass is 9.95. The van der Waals surface area contributed by atoms with Crippen molar-refractivity contribution in [2.75, 3.05) is 18.2 Å². The molecule has 1 aliphatic carbocycles. The van der Waals surface area contributed by atoms with E-state index in [1.807, 2.05) is 0 Å². The molecule has 1 fully saturated rings. The molecule has 0 heterocycles. The summed E-state index contributed by atoms with van der Waals surface area (Å²) in [6, 6.07) is 2.93. The first kappa shape index (κ1) is 13.6. The van der Waals surface area contributed by atoms with Crippen LogP contribution in [0.15, 0.2) is 12.1 Å². The van der Waals surface area contributed by atoms with Crippen LogP contribution in [0.25, 0.3) is 0 Å². The summed E-state index contributed by atoms with van der Waals surface area (Å²) < 4.78 is 18.3. The number of carbonyl (C=O) groups is 1. The summed E-state index contributed by atoms with van der Waals surface area (Å²) in [5, 5.41) is 3.26.